The van der Waals surface area contributed by atoms with Crippen LogP contribution in [0.2, 0.25) is 0 Å². The maximum absolute atomic E-state index is 14.1. The number of nitrogens with zero attached hydrogens (tertiary/aromatic N) is 3. The number of alkyl halides is 1. The van der Waals surface area contributed by atoms with E-state index in [0.717, 1.165) is 0 Å². The maximum atomic E-state index is 14.1. The number of ether oxygens (including phenoxy) is 2. The molecular weight excluding hydrogens is 319 g/mol. The summed E-state index contributed by atoms with van der Waals surface area (Å²) in [5.41, 5.74) is -0.579. The highest BCUT2D eigenvalue weighted by molar-refractivity contribution is 5.86. The number of alkyl carbamates (subject to hydrolysis) is 1. The molecule has 1 N–H and O–H groups in total. The molecule has 1 aliphatic heterocycles. The molecule has 2 atom stereocenters. The molecule has 9 heteroatoms. The predicted octanol–water partition coefficient (Wildman–Crippen LogP) is 1.31. The zero-order valence-corrected chi connectivity index (χ0v) is 14.1. The van der Waals surface area contributed by atoms with Crippen LogP contribution in [-0.2, 0) is 9.47 Å². The first-order valence-electron chi connectivity index (χ1n) is 7.48. The number of hydrogen-bond acceptors (Lipinski definition) is 7. The number of rotatable bonds is 3. The van der Waals surface area contributed by atoms with Crippen molar-refractivity contribution < 1.29 is 23.5 Å². The molecule has 2 heterocycles. The van der Waals surface area contributed by atoms with Crippen LogP contribution in [0.4, 0.5) is 15.0 Å². The van der Waals surface area contributed by atoms with Gasteiger partial charge in [0.1, 0.15) is 17.6 Å². The molecule has 0 spiro atoms. The first-order chi connectivity index (χ1) is 11.2. The van der Waals surface area contributed by atoms with Crippen molar-refractivity contribution >= 4 is 17.9 Å². The number of hydrogen-bond donors (Lipinski definition) is 1. The molecule has 0 saturated carbocycles. The minimum Gasteiger partial charge on any atom is -0.464 e. The van der Waals surface area contributed by atoms with Gasteiger partial charge in [0.15, 0.2) is 5.69 Å². The van der Waals surface area contributed by atoms with E-state index in [1.54, 1.807) is 25.7 Å². The fraction of sp³-hybridized carbons (Fsp3) is 0.600. The Balaban J connectivity index is 1.97. The van der Waals surface area contributed by atoms with Gasteiger partial charge in [-0.05, 0) is 20.8 Å². The number of anilines is 1. The lowest BCUT2D eigenvalue weighted by Gasteiger charge is -2.22. The van der Waals surface area contributed by atoms with Gasteiger partial charge in [-0.3, -0.25) is 0 Å². The number of carbonyl (C=O) groups is 2. The van der Waals surface area contributed by atoms with Crippen molar-refractivity contribution in [3.8, 4) is 0 Å². The quantitative estimate of drug-likeness (QED) is 0.829. The van der Waals surface area contributed by atoms with Crippen molar-refractivity contribution in [2.75, 3.05) is 25.1 Å². The van der Waals surface area contributed by atoms with Crippen LogP contribution in [0, 0.1) is 0 Å². The Labute approximate surface area is 139 Å². The van der Waals surface area contributed by atoms with Crippen molar-refractivity contribution in [1.82, 2.24) is 15.3 Å². The summed E-state index contributed by atoms with van der Waals surface area (Å²) in [5, 5.41) is 2.52. The van der Waals surface area contributed by atoms with Crippen molar-refractivity contribution in [2.45, 2.75) is 38.6 Å². The standard InChI is InChI=1S/C15H21FN4O4/c1-15(2,3)24-14(22)19-11-8-20(7-9(11)16)12-6-17-10(5-18-12)13(21)23-4/h5-6,9,11H,7-8H2,1-4H3,(H,19,22)/t9-,11+/m0/s1. The highest BCUT2D eigenvalue weighted by Gasteiger charge is 2.35. The zero-order chi connectivity index (χ0) is 17.9. The third-order valence-corrected chi connectivity index (χ3v) is 3.31. The molecule has 132 valence electrons. The van der Waals surface area contributed by atoms with Gasteiger partial charge >= 0.3 is 12.1 Å². The minimum absolute atomic E-state index is 0.0622. The highest BCUT2D eigenvalue weighted by Crippen LogP contribution is 2.20. The van der Waals surface area contributed by atoms with E-state index in [-0.39, 0.29) is 18.8 Å². The molecule has 1 aromatic heterocycles. The Bertz CT molecular complexity index is 602. The van der Waals surface area contributed by atoms with E-state index in [4.69, 9.17) is 4.74 Å². The van der Waals surface area contributed by atoms with Crippen LogP contribution in [0.25, 0.3) is 0 Å². The smallest absolute Gasteiger partial charge is 0.408 e. The Morgan fingerprint density at radius 1 is 1.29 bits per heavy atom. The van der Waals surface area contributed by atoms with Crippen LogP contribution < -0.4 is 10.2 Å². The van der Waals surface area contributed by atoms with Gasteiger partial charge in [-0.15, -0.1) is 0 Å². The molecule has 1 fully saturated rings. The molecule has 24 heavy (non-hydrogen) atoms. The van der Waals surface area contributed by atoms with E-state index in [1.165, 1.54) is 19.5 Å². The van der Waals surface area contributed by atoms with Crippen LogP contribution in [0.1, 0.15) is 31.3 Å². The van der Waals surface area contributed by atoms with Gasteiger partial charge in [-0.2, -0.15) is 0 Å². The van der Waals surface area contributed by atoms with E-state index in [0.29, 0.717) is 5.82 Å². The first-order valence-corrected chi connectivity index (χ1v) is 7.48. The molecule has 0 aromatic carbocycles. The van der Waals surface area contributed by atoms with Gasteiger partial charge in [-0.25, -0.2) is 23.9 Å². The number of methoxy groups -OCH3 is 1. The average Bonchev–Trinajstić information content (AvgIpc) is 2.85. The second-order valence-electron chi connectivity index (χ2n) is 6.43. The van der Waals surface area contributed by atoms with Crippen LogP contribution in [0.15, 0.2) is 12.4 Å². The molecule has 0 bridgehead atoms. The Morgan fingerprint density at radius 2 is 2.00 bits per heavy atom. The highest BCUT2D eigenvalue weighted by atomic mass is 19.1. The Kier molecular flexibility index (Phi) is 5.20. The minimum atomic E-state index is -1.26. The van der Waals surface area contributed by atoms with Crippen LogP contribution in [-0.4, -0.2) is 60.0 Å². The van der Waals surface area contributed by atoms with Gasteiger partial charge in [0.2, 0.25) is 0 Å². The van der Waals surface area contributed by atoms with E-state index < -0.39 is 29.9 Å². The predicted molar refractivity (Wildman–Crippen MR) is 83.6 cm³/mol. The van der Waals surface area contributed by atoms with Crippen LogP contribution in [0.5, 0.6) is 0 Å². The molecule has 1 aromatic rings. The molecule has 2 rings (SSSR count). The Hall–Kier alpha value is -2.45. The van der Waals surface area contributed by atoms with Crippen LogP contribution in [0.3, 0.4) is 0 Å². The summed E-state index contributed by atoms with van der Waals surface area (Å²) in [4.78, 5) is 32.8. The summed E-state index contributed by atoms with van der Waals surface area (Å²) in [6, 6.07) is -0.707. The number of carbonyl (C=O) groups excluding carboxylic acids is 2. The monoisotopic (exact) mass is 340 g/mol. The van der Waals surface area contributed by atoms with E-state index >= 15 is 0 Å². The summed E-state index contributed by atoms with van der Waals surface area (Å²) in [5.74, 6) is -0.179. The zero-order valence-electron chi connectivity index (χ0n) is 14.1. The molecule has 1 saturated heterocycles. The van der Waals surface area contributed by atoms with Gasteiger partial charge in [0, 0.05) is 6.54 Å². The summed E-state index contributed by atoms with van der Waals surface area (Å²) in [6.07, 6.45) is 0.710. The summed E-state index contributed by atoms with van der Waals surface area (Å²) >= 11 is 0. The summed E-state index contributed by atoms with van der Waals surface area (Å²) in [7, 11) is 1.25. The second kappa shape index (κ2) is 6.98. The van der Waals surface area contributed by atoms with Crippen molar-refractivity contribution in [3.63, 3.8) is 0 Å². The normalized spacial score (nSPS) is 20.6. The third kappa shape index (κ3) is 4.53. The van der Waals surface area contributed by atoms with Gasteiger partial charge < -0.3 is 19.7 Å². The summed E-state index contributed by atoms with van der Waals surface area (Å²) < 4.78 is 23.8. The van der Waals surface area contributed by atoms with E-state index in [9.17, 15) is 14.0 Å². The van der Waals surface area contributed by atoms with Crippen molar-refractivity contribution in [1.29, 1.82) is 0 Å². The topological polar surface area (TPSA) is 93.7 Å². The summed E-state index contributed by atoms with van der Waals surface area (Å²) in [6.45, 7) is 5.50. The van der Waals surface area contributed by atoms with Gasteiger partial charge in [0.25, 0.3) is 0 Å². The molecule has 1 aliphatic rings. The lowest BCUT2D eigenvalue weighted by Crippen LogP contribution is -2.44. The number of halogens is 1. The fourth-order valence-corrected chi connectivity index (χ4v) is 2.24. The lowest BCUT2D eigenvalue weighted by atomic mass is 10.2. The SMILES string of the molecule is COC(=O)c1cnc(N2C[C@H](F)[C@H](NC(=O)OC(C)(C)C)C2)cn1. The number of aromatic nitrogens is 2. The third-order valence-electron chi connectivity index (χ3n) is 3.31. The fourth-order valence-electron chi connectivity index (χ4n) is 2.24. The van der Waals surface area contributed by atoms with Crippen molar-refractivity contribution in [2.24, 2.45) is 0 Å². The molecule has 1 amide bonds. The first kappa shape index (κ1) is 17.9. The van der Waals surface area contributed by atoms with Crippen LogP contribution >= 0.6 is 0 Å². The molecule has 8 nitrogen and oxygen atoms in total. The molecule has 0 aliphatic carbocycles. The maximum Gasteiger partial charge on any atom is 0.408 e. The average molecular weight is 340 g/mol. The Morgan fingerprint density at radius 3 is 2.54 bits per heavy atom. The van der Waals surface area contributed by atoms with E-state index in [1.807, 2.05) is 0 Å². The number of esters is 1. The number of nitrogens with one attached hydrogen (secondary N) is 1. The lowest BCUT2D eigenvalue weighted by molar-refractivity contribution is 0.0489. The molecular formula is C15H21FN4O4. The van der Waals surface area contributed by atoms with Gasteiger partial charge in [-0.1, -0.05) is 0 Å². The van der Waals surface area contributed by atoms with E-state index in [2.05, 4.69) is 20.0 Å². The van der Waals surface area contributed by atoms with Gasteiger partial charge in [0.05, 0.1) is 32.1 Å². The van der Waals surface area contributed by atoms with Crippen molar-refractivity contribution in [3.05, 3.63) is 18.1 Å². The molecule has 0 radical (unpaired) electrons. The largest absolute Gasteiger partial charge is 0.464 e. The number of amides is 1. The second-order valence-corrected chi connectivity index (χ2v) is 6.43. The molecule has 0 unspecified atom stereocenters.